The molecule has 0 saturated heterocycles. The first kappa shape index (κ1) is 24.4. The molecule has 0 fully saturated rings. The van der Waals surface area contributed by atoms with Crippen LogP contribution in [0.15, 0.2) is 53.4 Å². The Balaban J connectivity index is 2.05. The van der Waals surface area contributed by atoms with E-state index >= 15 is 0 Å². The average molecular weight is 453 g/mol. The summed E-state index contributed by atoms with van der Waals surface area (Å²) in [5.74, 6) is -2.39. The number of rotatable bonds is 9. The molecule has 31 heavy (non-hydrogen) atoms. The van der Waals surface area contributed by atoms with Crippen LogP contribution in [0, 0.1) is 5.82 Å². The number of anilines is 1. The second-order valence-corrected chi connectivity index (χ2v) is 8.63. The Bertz CT molecular complexity index is 1010. The maximum atomic E-state index is 13.0. The van der Waals surface area contributed by atoms with E-state index in [1.165, 1.54) is 13.8 Å². The smallest absolute Gasteiger partial charge is 0.327 e. The van der Waals surface area contributed by atoms with E-state index in [2.05, 4.69) is 5.32 Å². The summed E-state index contributed by atoms with van der Waals surface area (Å²) < 4.78 is 45.0. The maximum absolute atomic E-state index is 13.0. The lowest BCUT2D eigenvalue weighted by molar-refractivity contribution is -0.157. The zero-order chi connectivity index (χ0) is 23.2. The fraction of sp³-hybridized carbons (Fsp3) is 0.333. The van der Waals surface area contributed by atoms with Gasteiger partial charge in [-0.15, -0.1) is 0 Å². The summed E-state index contributed by atoms with van der Waals surface area (Å²) in [6.45, 7) is 4.51. The van der Waals surface area contributed by atoms with Gasteiger partial charge in [-0.05, 0) is 62.2 Å². The monoisotopic (exact) mass is 452 g/mol. The fourth-order valence-corrected chi connectivity index (χ4v) is 3.82. The Morgan fingerprint density at radius 3 is 2.16 bits per heavy atom. The molecule has 3 atom stereocenters. The van der Waals surface area contributed by atoms with Gasteiger partial charge in [-0.3, -0.25) is 9.59 Å². The van der Waals surface area contributed by atoms with Crippen molar-refractivity contribution >= 4 is 27.6 Å². The number of sulfonamides is 1. The molecule has 0 aliphatic rings. The molecule has 0 aromatic heterocycles. The highest BCUT2D eigenvalue weighted by atomic mass is 32.2. The molecule has 2 aromatic rings. The van der Waals surface area contributed by atoms with E-state index in [0.717, 1.165) is 36.2 Å². The molecule has 8 nitrogen and oxygen atoms in total. The molecule has 1 amide bonds. The summed E-state index contributed by atoms with van der Waals surface area (Å²) in [6.07, 6.45) is -1.87. The number of carbonyl (C=O) groups excluding carboxylic acids is 2. The summed E-state index contributed by atoms with van der Waals surface area (Å²) in [7, 11) is -4.26. The minimum atomic E-state index is -4.26. The summed E-state index contributed by atoms with van der Waals surface area (Å²) in [5, 5.41) is 12.5. The second kappa shape index (κ2) is 10.5. The van der Waals surface area contributed by atoms with Gasteiger partial charge in [0, 0.05) is 5.69 Å². The maximum Gasteiger partial charge on any atom is 0.327 e. The number of benzene rings is 2. The third-order valence-electron chi connectivity index (χ3n) is 4.43. The fourth-order valence-electron chi connectivity index (χ4n) is 2.56. The quantitative estimate of drug-likeness (QED) is 0.500. The first-order chi connectivity index (χ1) is 14.5. The number of aryl methyl sites for hydroxylation is 1. The van der Waals surface area contributed by atoms with E-state index in [1.54, 1.807) is 12.1 Å². The van der Waals surface area contributed by atoms with Crippen molar-refractivity contribution in [2.75, 3.05) is 5.32 Å². The number of nitrogens with one attached hydrogen (secondary N) is 2. The molecule has 168 valence electrons. The third kappa shape index (κ3) is 6.84. The van der Waals surface area contributed by atoms with Gasteiger partial charge in [0.05, 0.1) is 11.0 Å². The van der Waals surface area contributed by atoms with Crippen molar-refractivity contribution in [3.63, 3.8) is 0 Å². The van der Waals surface area contributed by atoms with E-state index < -0.39 is 46.0 Å². The summed E-state index contributed by atoms with van der Waals surface area (Å²) in [5.41, 5.74) is 1.60. The second-order valence-electron chi connectivity index (χ2n) is 6.91. The standard InChI is InChI=1S/C21H25FN2O6S/c1-4-15-5-9-17(10-6-15)23-20(26)14(3)30-21(27)19(13(2)25)24-31(28,29)18-11-7-16(22)8-12-18/h5-14,19,24-25H,4H2,1-3H3,(H,23,26)/t13-,14-,19-/m1/s1. The number of ether oxygens (including phenoxy) is 1. The van der Waals surface area contributed by atoms with Crippen LogP contribution < -0.4 is 10.0 Å². The number of amides is 1. The number of hydrogen-bond donors (Lipinski definition) is 3. The third-order valence-corrected chi connectivity index (χ3v) is 5.89. The molecule has 2 rings (SSSR count). The molecule has 0 unspecified atom stereocenters. The number of esters is 1. The van der Waals surface area contributed by atoms with Crippen LogP contribution in [-0.2, 0) is 30.8 Å². The summed E-state index contributed by atoms with van der Waals surface area (Å²) >= 11 is 0. The van der Waals surface area contributed by atoms with E-state index in [-0.39, 0.29) is 4.90 Å². The Kier molecular flexibility index (Phi) is 8.26. The molecule has 0 heterocycles. The lowest BCUT2D eigenvalue weighted by Gasteiger charge is -2.22. The molecular weight excluding hydrogens is 427 g/mol. The molecule has 3 N–H and O–H groups in total. The minimum absolute atomic E-state index is 0.298. The molecule has 0 spiro atoms. The Hall–Kier alpha value is -2.82. The predicted molar refractivity (Wildman–Crippen MR) is 112 cm³/mol. The van der Waals surface area contributed by atoms with Crippen molar-refractivity contribution in [1.82, 2.24) is 4.72 Å². The van der Waals surface area contributed by atoms with E-state index in [9.17, 15) is 27.5 Å². The Morgan fingerprint density at radius 1 is 1.06 bits per heavy atom. The highest BCUT2D eigenvalue weighted by Gasteiger charge is 2.33. The van der Waals surface area contributed by atoms with Crippen molar-refractivity contribution in [2.45, 2.75) is 50.3 Å². The van der Waals surface area contributed by atoms with Gasteiger partial charge >= 0.3 is 5.97 Å². The van der Waals surface area contributed by atoms with Crippen molar-refractivity contribution in [2.24, 2.45) is 0 Å². The van der Waals surface area contributed by atoms with E-state index in [1.807, 2.05) is 23.8 Å². The van der Waals surface area contributed by atoms with Crippen molar-refractivity contribution in [3.05, 3.63) is 59.9 Å². The van der Waals surface area contributed by atoms with Crippen LogP contribution >= 0.6 is 0 Å². The van der Waals surface area contributed by atoms with Gasteiger partial charge in [-0.25, -0.2) is 12.8 Å². The summed E-state index contributed by atoms with van der Waals surface area (Å²) in [4.78, 5) is 24.5. The lowest BCUT2D eigenvalue weighted by Crippen LogP contribution is -2.49. The first-order valence-corrected chi connectivity index (χ1v) is 11.1. The van der Waals surface area contributed by atoms with Gasteiger partial charge in [-0.2, -0.15) is 4.72 Å². The van der Waals surface area contributed by atoms with Crippen LogP contribution in [0.2, 0.25) is 0 Å². The molecular formula is C21H25FN2O6S. The van der Waals surface area contributed by atoms with Crippen LogP contribution in [-0.4, -0.2) is 43.7 Å². The van der Waals surface area contributed by atoms with Crippen molar-refractivity contribution in [3.8, 4) is 0 Å². The molecule has 2 aromatic carbocycles. The Labute approximate surface area is 180 Å². The normalized spacial score (nSPS) is 14.4. The van der Waals surface area contributed by atoms with Crippen molar-refractivity contribution in [1.29, 1.82) is 0 Å². The van der Waals surface area contributed by atoms with Crippen LogP contribution in [0.4, 0.5) is 10.1 Å². The van der Waals surface area contributed by atoms with E-state index in [0.29, 0.717) is 5.69 Å². The van der Waals surface area contributed by atoms with Crippen LogP contribution in [0.3, 0.4) is 0 Å². The molecule has 0 aliphatic carbocycles. The summed E-state index contributed by atoms with van der Waals surface area (Å²) in [6, 6.07) is 9.37. The zero-order valence-corrected chi connectivity index (χ0v) is 18.1. The molecule has 0 radical (unpaired) electrons. The highest BCUT2D eigenvalue weighted by Crippen LogP contribution is 2.14. The lowest BCUT2D eigenvalue weighted by atomic mass is 10.1. The van der Waals surface area contributed by atoms with Gasteiger partial charge in [0.2, 0.25) is 10.0 Å². The number of carbonyl (C=O) groups is 2. The SMILES string of the molecule is CCc1ccc(NC(=O)[C@@H](C)OC(=O)[C@H](NS(=O)(=O)c2ccc(F)cc2)[C@@H](C)O)cc1. The molecule has 0 bridgehead atoms. The predicted octanol–water partition coefficient (Wildman–Crippen LogP) is 1.99. The van der Waals surface area contributed by atoms with Crippen LogP contribution in [0.5, 0.6) is 0 Å². The molecule has 0 saturated carbocycles. The highest BCUT2D eigenvalue weighted by molar-refractivity contribution is 7.89. The number of aliphatic hydroxyl groups is 1. The minimum Gasteiger partial charge on any atom is -0.451 e. The van der Waals surface area contributed by atoms with Gasteiger partial charge in [0.1, 0.15) is 11.9 Å². The van der Waals surface area contributed by atoms with Crippen LogP contribution in [0.25, 0.3) is 0 Å². The average Bonchev–Trinajstić information content (AvgIpc) is 2.72. The van der Waals surface area contributed by atoms with E-state index in [4.69, 9.17) is 4.74 Å². The molecule has 0 aliphatic heterocycles. The van der Waals surface area contributed by atoms with Crippen LogP contribution in [0.1, 0.15) is 26.3 Å². The number of aliphatic hydroxyl groups excluding tert-OH is 1. The van der Waals surface area contributed by atoms with Crippen molar-refractivity contribution < 1.29 is 32.2 Å². The number of halogens is 1. The van der Waals surface area contributed by atoms with Gasteiger partial charge in [0.25, 0.3) is 5.91 Å². The topological polar surface area (TPSA) is 122 Å². The first-order valence-electron chi connectivity index (χ1n) is 9.59. The van der Waals surface area contributed by atoms with Gasteiger partial charge in [-0.1, -0.05) is 19.1 Å². The van der Waals surface area contributed by atoms with Gasteiger partial charge < -0.3 is 15.2 Å². The molecule has 10 heteroatoms. The van der Waals surface area contributed by atoms with Gasteiger partial charge in [0.15, 0.2) is 6.10 Å². The Morgan fingerprint density at radius 2 is 1.65 bits per heavy atom. The largest absolute Gasteiger partial charge is 0.451 e. The zero-order valence-electron chi connectivity index (χ0n) is 17.3. The number of hydrogen-bond acceptors (Lipinski definition) is 6.